The molecule has 1 aromatic carbocycles. The van der Waals surface area contributed by atoms with Gasteiger partial charge in [-0.1, -0.05) is 42.5 Å². The van der Waals surface area contributed by atoms with Crippen LogP contribution in [0, 0.1) is 11.8 Å². The Morgan fingerprint density at radius 3 is 2.53 bits per heavy atom. The fourth-order valence-corrected chi connectivity index (χ4v) is 3.29. The number of allylic oxidation sites excluding steroid dienone is 2. The summed E-state index contributed by atoms with van der Waals surface area (Å²) in [7, 11) is 0. The number of cyclic esters (lactones) is 1. The first-order valence-corrected chi connectivity index (χ1v) is 10.5. The molecule has 7 nitrogen and oxygen atoms in total. The first-order chi connectivity index (χ1) is 14.4. The van der Waals surface area contributed by atoms with Gasteiger partial charge >= 0.3 is 5.97 Å². The highest BCUT2D eigenvalue weighted by molar-refractivity contribution is 5.86. The molecule has 0 fully saturated rings. The SMILES string of the molecule is C[C@H](CO)NC(=O)C[C@H]1CC=CC[C@@H](Cc2ccccc2)C(=O)O[C@@H](C)CNC1=O. The summed E-state index contributed by atoms with van der Waals surface area (Å²) in [6.45, 7) is 3.47. The number of aliphatic hydroxyl groups excluding tert-OH is 1. The molecule has 2 amide bonds. The zero-order chi connectivity index (χ0) is 21.9. The Hall–Kier alpha value is -2.67. The predicted octanol–water partition coefficient (Wildman–Crippen LogP) is 1.75. The number of amides is 2. The summed E-state index contributed by atoms with van der Waals surface area (Å²) in [5, 5.41) is 14.5. The molecule has 1 aliphatic rings. The van der Waals surface area contributed by atoms with Crippen LogP contribution in [0.25, 0.3) is 0 Å². The summed E-state index contributed by atoms with van der Waals surface area (Å²) in [5.74, 6) is -1.65. The van der Waals surface area contributed by atoms with Gasteiger partial charge < -0.3 is 20.5 Å². The Morgan fingerprint density at radius 2 is 1.87 bits per heavy atom. The van der Waals surface area contributed by atoms with Crippen LogP contribution in [0.5, 0.6) is 0 Å². The zero-order valence-electron chi connectivity index (χ0n) is 17.7. The second kappa shape index (κ2) is 12.1. The molecular weight excluding hydrogens is 384 g/mol. The summed E-state index contributed by atoms with van der Waals surface area (Å²) in [6.07, 6.45) is 4.78. The molecule has 7 heteroatoms. The Balaban J connectivity index is 2.08. The predicted molar refractivity (Wildman–Crippen MR) is 113 cm³/mol. The average molecular weight is 417 g/mol. The number of aliphatic hydroxyl groups is 1. The minimum Gasteiger partial charge on any atom is -0.461 e. The van der Waals surface area contributed by atoms with Gasteiger partial charge in [0.1, 0.15) is 6.10 Å². The summed E-state index contributed by atoms with van der Waals surface area (Å²) in [5.41, 5.74) is 1.06. The van der Waals surface area contributed by atoms with Crippen molar-refractivity contribution < 1.29 is 24.2 Å². The van der Waals surface area contributed by atoms with Gasteiger partial charge in [0.05, 0.1) is 25.0 Å². The average Bonchev–Trinajstić information content (AvgIpc) is 2.73. The lowest BCUT2D eigenvalue weighted by atomic mass is 9.94. The molecule has 2 rings (SSSR count). The normalized spacial score (nSPS) is 24.0. The number of hydrogen-bond donors (Lipinski definition) is 3. The van der Waals surface area contributed by atoms with Crippen LogP contribution in [0.4, 0.5) is 0 Å². The van der Waals surface area contributed by atoms with E-state index in [1.165, 1.54) is 0 Å². The maximum absolute atomic E-state index is 12.6. The molecule has 1 heterocycles. The fraction of sp³-hybridized carbons (Fsp3) is 0.522. The molecule has 3 N–H and O–H groups in total. The molecule has 0 spiro atoms. The van der Waals surface area contributed by atoms with E-state index in [-0.39, 0.29) is 49.3 Å². The standard InChI is InChI=1S/C23H32N2O5/c1-16(15-26)25-21(27)13-19-10-6-7-11-20(12-18-8-4-3-5-9-18)23(29)30-17(2)14-24-22(19)28/h3-9,16-17,19-20,26H,10-15H2,1-2H3,(H,24,28)(H,25,27)/t16-,17+,19-,20+/m1/s1. The summed E-state index contributed by atoms with van der Waals surface area (Å²) in [4.78, 5) is 37.3. The van der Waals surface area contributed by atoms with E-state index in [0.29, 0.717) is 19.3 Å². The largest absolute Gasteiger partial charge is 0.461 e. The van der Waals surface area contributed by atoms with E-state index in [1.807, 2.05) is 42.5 Å². The highest BCUT2D eigenvalue weighted by atomic mass is 16.5. The maximum atomic E-state index is 12.6. The highest BCUT2D eigenvalue weighted by Crippen LogP contribution is 2.18. The van der Waals surface area contributed by atoms with E-state index < -0.39 is 12.0 Å². The lowest BCUT2D eigenvalue weighted by Gasteiger charge is -2.22. The number of ether oxygens (including phenoxy) is 1. The zero-order valence-corrected chi connectivity index (χ0v) is 17.7. The van der Waals surface area contributed by atoms with E-state index in [0.717, 1.165) is 5.56 Å². The van der Waals surface area contributed by atoms with Crippen LogP contribution >= 0.6 is 0 Å². The van der Waals surface area contributed by atoms with Gasteiger partial charge in [0.15, 0.2) is 0 Å². The fourth-order valence-electron chi connectivity index (χ4n) is 3.29. The monoisotopic (exact) mass is 416 g/mol. The van der Waals surface area contributed by atoms with Crippen LogP contribution in [0.15, 0.2) is 42.5 Å². The van der Waals surface area contributed by atoms with Crippen LogP contribution in [0.2, 0.25) is 0 Å². The van der Waals surface area contributed by atoms with E-state index in [4.69, 9.17) is 9.84 Å². The summed E-state index contributed by atoms with van der Waals surface area (Å²) < 4.78 is 5.55. The minimum absolute atomic E-state index is 0.0299. The third kappa shape index (κ3) is 7.99. The van der Waals surface area contributed by atoms with Gasteiger partial charge in [0.2, 0.25) is 11.8 Å². The Bertz CT molecular complexity index is 734. The first-order valence-electron chi connectivity index (χ1n) is 10.5. The van der Waals surface area contributed by atoms with Crippen molar-refractivity contribution in [1.29, 1.82) is 0 Å². The smallest absolute Gasteiger partial charge is 0.309 e. The number of carbonyl (C=O) groups is 3. The van der Waals surface area contributed by atoms with Gasteiger partial charge in [-0.15, -0.1) is 0 Å². The lowest BCUT2D eigenvalue weighted by molar-refractivity contribution is -0.153. The molecule has 0 saturated heterocycles. The second-order valence-corrected chi connectivity index (χ2v) is 7.87. The minimum atomic E-state index is -0.526. The molecule has 0 aromatic heterocycles. The number of carbonyl (C=O) groups excluding carboxylic acids is 3. The van der Waals surface area contributed by atoms with Crippen molar-refractivity contribution in [1.82, 2.24) is 10.6 Å². The van der Waals surface area contributed by atoms with Gasteiger partial charge in [0, 0.05) is 12.5 Å². The van der Waals surface area contributed by atoms with Crippen molar-refractivity contribution in [3.05, 3.63) is 48.0 Å². The van der Waals surface area contributed by atoms with Crippen molar-refractivity contribution in [2.75, 3.05) is 13.2 Å². The third-order valence-electron chi connectivity index (χ3n) is 5.03. The van der Waals surface area contributed by atoms with E-state index >= 15 is 0 Å². The van der Waals surface area contributed by atoms with Gasteiger partial charge in [0.25, 0.3) is 0 Å². The van der Waals surface area contributed by atoms with Crippen LogP contribution in [-0.4, -0.2) is 48.2 Å². The van der Waals surface area contributed by atoms with E-state index in [1.54, 1.807) is 13.8 Å². The maximum Gasteiger partial charge on any atom is 0.309 e. The Labute approximate surface area is 177 Å². The molecule has 30 heavy (non-hydrogen) atoms. The number of hydrogen-bond acceptors (Lipinski definition) is 5. The van der Waals surface area contributed by atoms with Crippen molar-refractivity contribution in [2.45, 2.75) is 51.7 Å². The number of esters is 1. The Kier molecular flexibility index (Phi) is 9.54. The Morgan fingerprint density at radius 1 is 1.20 bits per heavy atom. The van der Waals surface area contributed by atoms with Crippen molar-refractivity contribution in [2.24, 2.45) is 11.8 Å². The number of rotatable bonds is 6. The van der Waals surface area contributed by atoms with Crippen molar-refractivity contribution in [3.8, 4) is 0 Å². The van der Waals surface area contributed by atoms with Crippen molar-refractivity contribution >= 4 is 17.8 Å². The molecule has 164 valence electrons. The van der Waals surface area contributed by atoms with Gasteiger partial charge in [-0.25, -0.2) is 0 Å². The van der Waals surface area contributed by atoms with E-state index in [2.05, 4.69) is 10.6 Å². The van der Waals surface area contributed by atoms with Crippen LogP contribution in [-0.2, 0) is 25.5 Å². The van der Waals surface area contributed by atoms with Gasteiger partial charge in [-0.3, -0.25) is 14.4 Å². The van der Waals surface area contributed by atoms with Crippen LogP contribution in [0.1, 0.15) is 38.7 Å². The topological polar surface area (TPSA) is 105 Å². The summed E-state index contributed by atoms with van der Waals surface area (Å²) >= 11 is 0. The van der Waals surface area contributed by atoms with Crippen molar-refractivity contribution in [3.63, 3.8) is 0 Å². The quantitative estimate of drug-likeness (QED) is 0.484. The summed E-state index contributed by atoms with van der Waals surface area (Å²) in [6, 6.07) is 9.43. The molecule has 1 aliphatic heterocycles. The number of nitrogens with one attached hydrogen (secondary N) is 2. The molecule has 0 saturated carbocycles. The van der Waals surface area contributed by atoms with Gasteiger partial charge in [-0.05, 0) is 38.7 Å². The number of benzene rings is 1. The lowest BCUT2D eigenvalue weighted by Crippen LogP contribution is -2.41. The molecule has 0 unspecified atom stereocenters. The molecule has 0 bridgehead atoms. The molecular formula is C23H32N2O5. The third-order valence-corrected chi connectivity index (χ3v) is 5.03. The molecule has 0 aliphatic carbocycles. The van der Waals surface area contributed by atoms with Crippen LogP contribution < -0.4 is 10.6 Å². The van der Waals surface area contributed by atoms with E-state index in [9.17, 15) is 14.4 Å². The second-order valence-electron chi connectivity index (χ2n) is 7.87. The molecule has 0 radical (unpaired) electrons. The van der Waals surface area contributed by atoms with Crippen LogP contribution in [0.3, 0.4) is 0 Å². The van der Waals surface area contributed by atoms with Gasteiger partial charge in [-0.2, -0.15) is 0 Å². The molecule has 1 aromatic rings. The first kappa shape index (κ1) is 23.6. The highest BCUT2D eigenvalue weighted by Gasteiger charge is 2.25. The molecule has 4 atom stereocenters.